The van der Waals surface area contributed by atoms with Crippen LogP contribution >= 0.6 is 0 Å². The van der Waals surface area contributed by atoms with Crippen LogP contribution in [0.15, 0.2) is 24.3 Å². The van der Waals surface area contributed by atoms with Crippen molar-refractivity contribution in [2.24, 2.45) is 0 Å². The summed E-state index contributed by atoms with van der Waals surface area (Å²) in [6, 6.07) is 7.07. The van der Waals surface area contributed by atoms with E-state index in [1.165, 1.54) is 7.11 Å². The minimum atomic E-state index is -0.351. The van der Waals surface area contributed by atoms with E-state index in [1.54, 1.807) is 25.2 Å². The second-order valence-corrected chi connectivity index (χ2v) is 2.23. The molecule has 0 aromatic heterocycles. The summed E-state index contributed by atoms with van der Waals surface area (Å²) < 4.78 is 4.58. The Morgan fingerprint density at radius 2 is 2.00 bits per heavy atom. The Balaban J connectivity index is 0.00000144. The van der Waals surface area contributed by atoms with Gasteiger partial charge in [-0.05, 0) is 6.07 Å². The fraction of sp³-hybridized carbons (Fsp3) is 0.222. The van der Waals surface area contributed by atoms with Crippen molar-refractivity contribution in [2.45, 2.75) is 0 Å². The smallest absolute Gasteiger partial charge is 0.686 e. The minimum Gasteiger partial charge on any atom is -0.686 e. The van der Waals surface area contributed by atoms with Gasteiger partial charge in [-0.15, -0.1) is 12.7 Å². The van der Waals surface area contributed by atoms with Crippen LogP contribution in [0.1, 0.15) is 10.4 Å². The van der Waals surface area contributed by atoms with Gasteiger partial charge in [-0.2, -0.15) is 0 Å². The number of para-hydroxylation sites is 1. The van der Waals surface area contributed by atoms with Crippen molar-refractivity contribution in [3.8, 4) is 0 Å². The van der Waals surface area contributed by atoms with E-state index in [2.05, 4.69) is 10.1 Å². The summed E-state index contributed by atoms with van der Waals surface area (Å²) in [7, 11) is 3.00. The molecule has 0 unspecified atom stereocenters. The van der Waals surface area contributed by atoms with Crippen LogP contribution in [0.3, 0.4) is 0 Å². The Labute approximate surface area is 89.6 Å². The van der Waals surface area contributed by atoms with Crippen molar-refractivity contribution in [1.82, 2.24) is 0 Å². The van der Waals surface area contributed by atoms with E-state index < -0.39 is 0 Å². The molecule has 1 rings (SSSR count). The first kappa shape index (κ1) is 12.1. The molecule has 1 aromatic carbocycles. The molecule has 0 saturated carbocycles. The Hall–Kier alpha value is -0.913. The molecule has 0 aliphatic rings. The Morgan fingerprint density at radius 1 is 1.38 bits per heavy atom. The molecule has 0 fully saturated rings. The Bertz CT molecular complexity index is 289. The van der Waals surface area contributed by atoms with Gasteiger partial charge in [0.1, 0.15) is 0 Å². The van der Waals surface area contributed by atoms with Gasteiger partial charge in [0, 0.05) is 5.56 Å². The van der Waals surface area contributed by atoms with E-state index in [4.69, 9.17) is 0 Å². The summed E-state index contributed by atoms with van der Waals surface area (Å²) >= 11 is 0. The molecule has 0 N–H and O–H groups in total. The normalized spacial score (nSPS) is 8.46. The number of carbonyl (C=O) groups is 1. The van der Waals surface area contributed by atoms with Crippen LogP contribution in [0.4, 0.5) is 5.69 Å². The van der Waals surface area contributed by atoms with Gasteiger partial charge < -0.3 is 10.1 Å². The van der Waals surface area contributed by atoms with E-state index in [9.17, 15) is 4.79 Å². The fourth-order valence-electron chi connectivity index (χ4n) is 0.951. The van der Waals surface area contributed by atoms with E-state index in [1.807, 2.05) is 6.07 Å². The number of nitrogens with zero attached hydrogens (tertiary/aromatic N) is 1. The van der Waals surface area contributed by atoms with Gasteiger partial charge in [0.25, 0.3) is 0 Å². The first-order valence-electron chi connectivity index (χ1n) is 3.56. The van der Waals surface area contributed by atoms with E-state index in [0.717, 1.165) is 0 Å². The summed E-state index contributed by atoms with van der Waals surface area (Å²) in [6.45, 7) is 0. The summed E-state index contributed by atoms with van der Waals surface area (Å²) in [5.74, 6) is -0.351. The van der Waals surface area contributed by atoms with Crippen molar-refractivity contribution in [2.75, 3.05) is 14.2 Å². The molecule has 0 heterocycles. The number of methoxy groups -OCH3 is 1. The molecule has 64 valence electrons. The van der Waals surface area contributed by atoms with Gasteiger partial charge in [-0.3, -0.25) is 0 Å². The number of carbonyl (C=O) groups excluding carboxylic acids is 1. The zero-order chi connectivity index (χ0) is 8.97. The molecular weight excluding hydrogens is 161 g/mol. The van der Waals surface area contributed by atoms with Crippen molar-refractivity contribution in [3.63, 3.8) is 0 Å². The number of hydrogen-bond donors (Lipinski definition) is 0. The second kappa shape index (κ2) is 5.68. The number of ether oxygens (including phenoxy) is 1. The molecule has 0 aliphatic carbocycles. The van der Waals surface area contributed by atoms with Crippen molar-refractivity contribution < 1.29 is 28.4 Å². The SMILES string of the molecule is C[N-]c1ccccc1C(=O)OC.[Li+]. The molecule has 0 amide bonds. The van der Waals surface area contributed by atoms with Gasteiger partial charge >= 0.3 is 24.8 Å². The molecule has 4 heteroatoms. The van der Waals surface area contributed by atoms with Crippen LogP contribution in [0, 0.1) is 0 Å². The summed E-state index contributed by atoms with van der Waals surface area (Å²) in [4.78, 5) is 11.1. The molecule has 1 aromatic rings. The van der Waals surface area contributed by atoms with E-state index in [0.29, 0.717) is 11.3 Å². The third-order valence-electron chi connectivity index (χ3n) is 1.55. The molecule has 0 aliphatic heterocycles. The monoisotopic (exact) mass is 171 g/mol. The average molecular weight is 171 g/mol. The van der Waals surface area contributed by atoms with Crippen LogP contribution in [0.5, 0.6) is 0 Å². The molecule has 0 spiro atoms. The zero-order valence-electron chi connectivity index (χ0n) is 8.07. The van der Waals surface area contributed by atoms with Crippen LogP contribution in [0.25, 0.3) is 5.32 Å². The second-order valence-electron chi connectivity index (χ2n) is 2.23. The first-order chi connectivity index (χ1) is 5.79. The van der Waals surface area contributed by atoms with Gasteiger partial charge in [0.15, 0.2) is 0 Å². The molecule has 0 atom stereocenters. The van der Waals surface area contributed by atoms with Crippen LogP contribution < -0.4 is 18.9 Å². The fourth-order valence-corrected chi connectivity index (χ4v) is 0.951. The van der Waals surface area contributed by atoms with Crippen molar-refractivity contribution in [3.05, 3.63) is 35.1 Å². The maximum atomic E-state index is 11.1. The average Bonchev–Trinajstić information content (AvgIpc) is 2.16. The zero-order valence-corrected chi connectivity index (χ0v) is 8.07. The summed E-state index contributed by atoms with van der Waals surface area (Å²) in [6.07, 6.45) is 0. The minimum absolute atomic E-state index is 0. The Kier molecular flexibility index (Phi) is 5.29. The number of rotatable bonds is 2. The third-order valence-corrected chi connectivity index (χ3v) is 1.55. The number of hydrogen-bond acceptors (Lipinski definition) is 2. The number of esters is 1. The van der Waals surface area contributed by atoms with Gasteiger partial charge in [-0.1, -0.05) is 18.2 Å². The maximum absolute atomic E-state index is 11.1. The quantitative estimate of drug-likeness (QED) is 0.428. The standard InChI is InChI=1S/C9H11NO2.Li/c1-10-8-6-4-3-5-7(8)9(11)12-2;/h3-6H,1-2H3,(H,10,11);/q;+1/p-1. The van der Waals surface area contributed by atoms with E-state index in [-0.39, 0.29) is 24.8 Å². The molecule has 0 saturated heterocycles. The molecule has 3 nitrogen and oxygen atoms in total. The molecule has 0 radical (unpaired) electrons. The van der Waals surface area contributed by atoms with Crippen molar-refractivity contribution in [1.29, 1.82) is 0 Å². The van der Waals surface area contributed by atoms with Gasteiger partial charge in [0.2, 0.25) is 0 Å². The maximum Gasteiger partial charge on any atom is 1.00 e. The van der Waals surface area contributed by atoms with E-state index >= 15 is 0 Å². The summed E-state index contributed by atoms with van der Waals surface area (Å²) in [5.41, 5.74) is 1.16. The third kappa shape index (κ3) is 2.80. The van der Waals surface area contributed by atoms with Gasteiger partial charge in [0.05, 0.1) is 7.11 Å². The van der Waals surface area contributed by atoms with Crippen LogP contribution in [-0.2, 0) is 4.74 Å². The van der Waals surface area contributed by atoms with Crippen molar-refractivity contribution >= 4 is 11.7 Å². The molecule has 13 heavy (non-hydrogen) atoms. The van der Waals surface area contributed by atoms with Gasteiger partial charge in [-0.25, -0.2) is 4.79 Å². The predicted molar refractivity (Wildman–Crippen MR) is 46.7 cm³/mol. The van der Waals surface area contributed by atoms with Crippen LogP contribution in [-0.4, -0.2) is 20.1 Å². The molecular formula is C9H10LiNO2. The number of benzene rings is 1. The summed E-state index contributed by atoms with van der Waals surface area (Å²) in [5, 5.41) is 3.94. The van der Waals surface area contributed by atoms with Crippen LogP contribution in [0.2, 0.25) is 0 Å². The topological polar surface area (TPSA) is 40.4 Å². The predicted octanol–water partition coefficient (Wildman–Crippen LogP) is -0.888. The Morgan fingerprint density at radius 3 is 2.54 bits per heavy atom. The molecule has 0 bridgehead atoms. The first-order valence-corrected chi connectivity index (χ1v) is 3.56. The largest absolute Gasteiger partial charge is 1.00 e.